The van der Waals surface area contributed by atoms with Crippen LogP contribution in [0.15, 0.2) is 41.2 Å². The highest BCUT2D eigenvalue weighted by Gasteiger charge is 2.30. The molecule has 3 aromatic rings. The van der Waals surface area contributed by atoms with Crippen LogP contribution in [-0.4, -0.2) is 26.4 Å². The number of hydrogen-bond acceptors (Lipinski definition) is 4. The lowest BCUT2D eigenvalue weighted by Gasteiger charge is -2.06. The van der Waals surface area contributed by atoms with Gasteiger partial charge in [-0.2, -0.15) is 0 Å². The van der Waals surface area contributed by atoms with Gasteiger partial charge in [0.15, 0.2) is 5.82 Å². The standard InChI is InChI=1S/C16H7FN2O4/c17-8-2-4-12-10(6-8)13(20)14-18-11-3-1-7(16(22)23)5-9(11)15(21)19(12)14/h1-6H,(H,22,23). The van der Waals surface area contributed by atoms with Gasteiger partial charge in [-0.3, -0.25) is 14.2 Å². The van der Waals surface area contributed by atoms with Crippen molar-refractivity contribution >= 4 is 22.7 Å². The SMILES string of the molecule is O=C(O)c1ccc2nc3n(c(=O)c2c1)-c1ccc(F)cc1C3=O. The summed E-state index contributed by atoms with van der Waals surface area (Å²) < 4.78 is 14.4. The van der Waals surface area contributed by atoms with Crippen molar-refractivity contribution in [2.75, 3.05) is 0 Å². The Labute approximate surface area is 127 Å². The number of aromatic carboxylic acids is 1. The topological polar surface area (TPSA) is 89.3 Å². The third-order valence-corrected chi connectivity index (χ3v) is 3.76. The van der Waals surface area contributed by atoms with E-state index in [1.54, 1.807) is 0 Å². The van der Waals surface area contributed by atoms with Crippen LogP contribution in [0.3, 0.4) is 0 Å². The Balaban J connectivity index is 2.12. The molecule has 112 valence electrons. The number of carbonyl (C=O) groups excluding carboxylic acids is 1. The molecule has 23 heavy (non-hydrogen) atoms. The van der Waals surface area contributed by atoms with E-state index in [1.807, 2.05) is 0 Å². The minimum atomic E-state index is -1.17. The molecule has 0 fully saturated rings. The highest BCUT2D eigenvalue weighted by Crippen LogP contribution is 2.27. The third kappa shape index (κ3) is 1.73. The molecule has 2 heterocycles. The zero-order valence-electron chi connectivity index (χ0n) is 11.4. The molecular weight excluding hydrogens is 303 g/mol. The zero-order chi connectivity index (χ0) is 16.3. The summed E-state index contributed by atoms with van der Waals surface area (Å²) in [6, 6.07) is 7.42. The number of ketones is 1. The van der Waals surface area contributed by atoms with Crippen LogP contribution in [0.5, 0.6) is 0 Å². The second-order valence-corrected chi connectivity index (χ2v) is 5.10. The number of benzene rings is 2. The van der Waals surface area contributed by atoms with Crippen LogP contribution < -0.4 is 5.56 Å². The molecule has 0 bridgehead atoms. The third-order valence-electron chi connectivity index (χ3n) is 3.76. The smallest absolute Gasteiger partial charge is 0.335 e. The average molecular weight is 310 g/mol. The molecule has 4 rings (SSSR count). The molecule has 1 aromatic heterocycles. The van der Waals surface area contributed by atoms with Crippen molar-refractivity contribution in [1.82, 2.24) is 9.55 Å². The Morgan fingerprint density at radius 2 is 1.91 bits per heavy atom. The predicted molar refractivity (Wildman–Crippen MR) is 77.7 cm³/mol. The maximum absolute atomic E-state index is 13.4. The second-order valence-electron chi connectivity index (χ2n) is 5.10. The minimum absolute atomic E-state index is 0.0550. The largest absolute Gasteiger partial charge is 0.478 e. The number of aromatic nitrogens is 2. The first kappa shape index (κ1) is 13.3. The van der Waals surface area contributed by atoms with Crippen molar-refractivity contribution in [1.29, 1.82) is 0 Å². The molecule has 0 atom stereocenters. The summed E-state index contributed by atoms with van der Waals surface area (Å²) in [7, 11) is 0. The molecule has 7 heteroatoms. The molecule has 0 amide bonds. The van der Waals surface area contributed by atoms with E-state index in [1.165, 1.54) is 24.3 Å². The monoisotopic (exact) mass is 310 g/mol. The summed E-state index contributed by atoms with van der Waals surface area (Å²) in [4.78, 5) is 40.2. The van der Waals surface area contributed by atoms with Gasteiger partial charge in [0.2, 0.25) is 5.78 Å². The van der Waals surface area contributed by atoms with E-state index in [0.29, 0.717) is 0 Å². The molecule has 0 aliphatic carbocycles. The van der Waals surface area contributed by atoms with E-state index >= 15 is 0 Å². The number of carbonyl (C=O) groups is 2. The maximum atomic E-state index is 13.4. The van der Waals surface area contributed by atoms with E-state index in [2.05, 4.69) is 4.98 Å². The number of nitrogens with zero attached hydrogens (tertiary/aromatic N) is 2. The molecule has 1 aliphatic heterocycles. The van der Waals surface area contributed by atoms with Crippen LogP contribution in [0.25, 0.3) is 16.6 Å². The first-order valence-corrected chi connectivity index (χ1v) is 6.62. The van der Waals surface area contributed by atoms with Crippen LogP contribution >= 0.6 is 0 Å². The molecule has 0 spiro atoms. The van der Waals surface area contributed by atoms with Crippen molar-refractivity contribution in [3.05, 3.63) is 69.5 Å². The highest BCUT2D eigenvalue weighted by molar-refractivity contribution is 6.13. The van der Waals surface area contributed by atoms with Gasteiger partial charge in [0.1, 0.15) is 5.82 Å². The summed E-state index contributed by atoms with van der Waals surface area (Å²) in [5.74, 6) is -2.40. The van der Waals surface area contributed by atoms with Crippen LogP contribution in [0.1, 0.15) is 26.5 Å². The zero-order valence-corrected chi connectivity index (χ0v) is 11.4. The lowest BCUT2D eigenvalue weighted by atomic mass is 10.1. The molecule has 1 aliphatic rings. The van der Waals surface area contributed by atoms with E-state index in [4.69, 9.17) is 5.11 Å². The Bertz CT molecular complexity index is 1100. The van der Waals surface area contributed by atoms with Gasteiger partial charge in [-0.1, -0.05) is 0 Å². The van der Waals surface area contributed by atoms with Crippen molar-refractivity contribution in [2.24, 2.45) is 0 Å². The number of carboxylic acid groups (broad SMARTS) is 1. The number of carboxylic acids is 1. The number of halogens is 1. The van der Waals surface area contributed by atoms with Gasteiger partial charge < -0.3 is 5.11 Å². The van der Waals surface area contributed by atoms with Crippen molar-refractivity contribution < 1.29 is 19.1 Å². The van der Waals surface area contributed by atoms with Crippen molar-refractivity contribution in [2.45, 2.75) is 0 Å². The number of fused-ring (bicyclic) bond motifs is 4. The van der Waals surface area contributed by atoms with Gasteiger partial charge in [0.05, 0.1) is 27.7 Å². The number of hydrogen-bond donors (Lipinski definition) is 1. The van der Waals surface area contributed by atoms with Crippen molar-refractivity contribution in [3.63, 3.8) is 0 Å². The number of rotatable bonds is 1. The Kier molecular flexibility index (Phi) is 2.51. The molecule has 1 N–H and O–H groups in total. The summed E-state index contributed by atoms with van der Waals surface area (Å²) in [5.41, 5.74) is -0.102. The van der Waals surface area contributed by atoms with Gasteiger partial charge in [-0.05, 0) is 36.4 Å². The van der Waals surface area contributed by atoms with Gasteiger partial charge in [0, 0.05) is 0 Å². The first-order chi connectivity index (χ1) is 11.0. The van der Waals surface area contributed by atoms with Gasteiger partial charge in [-0.25, -0.2) is 14.2 Å². The van der Waals surface area contributed by atoms with E-state index in [-0.39, 0.29) is 33.5 Å². The minimum Gasteiger partial charge on any atom is -0.478 e. The van der Waals surface area contributed by atoms with Crippen molar-refractivity contribution in [3.8, 4) is 5.69 Å². The second kappa shape index (κ2) is 4.33. The molecule has 2 aromatic carbocycles. The lowest BCUT2D eigenvalue weighted by molar-refractivity contribution is 0.0697. The van der Waals surface area contributed by atoms with E-state index in [0.717, 1.165) is 16.7 Å². The Morgan fingerprint density at radius 1 is 1.13 bits per heavy atom. The van der Waals surface area contributed by atoms with Crippen LogP contribution in [0, 0.1) is 5.82 Å². The molecule has 6 nitrogen and oxygen atoms in total. The highest BCUT2D eigenvalue weighted by atomic mass is 19.1. The summed E-state index contributed by atoms with van der Waals surface area (Å²) >= 11 is 0. The quantitative estimate of drug-likeness (QED) is 0.579. The lowest BCUT2D eigenvalue weighted by Crippen LogP contribution is -2.21. The fourth-order valence-electron chi connectivity index (χ4n) is 2.70. The molecule has 0 radical (unpaired) electrons. The first-order valence-electron chi connectivity index (χ1n) is 6.62. The summed E-state index contributed by atoms with van der Waals surface area (Å²) in [6.07, 6.45) is 0. The van der Waals surface area contributed by atoms with Gasteiger partial charge in [-0.15, -0.1) is 0 Å². The van der Waals surface area contributed by atoms with Crippen LogP contribution in [0.2, 0.25) is 0 Å². The van der Waals surface area contributed by atoms with Gasteiger partial charge in [0.25, 0.3) is 5.56 Å². The predicted octanol–water partition coefficient (Wildman–Crippen LogP) is 1.77. The van der Waals surface area contributed by atoms with Gasteiger partial charge >= 0.3 is 5.97 Å². The molecule has 0 unspecified atom stereocenters. The van der Waals surface area contributed by atoms with Crippen LogP contribution in [-0.2, 0) is 0 Å². The molecular formula is C16H7FN2O4. The Morgan fingerprint density at radius 3 is 2.65 bits per heavy atom. The summed E-state index contributed by atoms with van der Waals surface area (Å²) in [5, 5.41) is 9.12. The normalized spacial score (nSPS) is 12.3. The maximum Gasteiger partial charge on any atom is 0.335 e. The van der Waals surface area contributed by atoms with E-state index < -0.39 is 23.1 Å². The average Bonchev–Trinajstić information content (AvgIpc) is 2.80. The Hall–Kier alpha value is -3.35. The molecule has 0 saturated carbocycles. The van der Waals surface area contributed by atoms with Crippen LogP contribution in [0.4, 0.5) is 4.39 Å². The fourth-order valence-corrected chi connectivity index (χ4v) is 2.70. The summed E-state index contributed by atoms with van der Waals surface area (Å²) in [6.45, 7) is 0. The molecule has 0 saturated heterocycles. The fraction of sp³-hybridized carbons (Fsp3) is 0. The van der Waals surface area contributed by atoms with E-state index in [9.17, 15) is 18.8 Å².